The molecule has 2 heterocycles. The van der Waals surface area contributed by atoms with Gasteiger partial charge in [0.1, 0.15) is 12.4 Å². The monoisotopic (exact) mass is 399 g/mol. The third kappa shape index (κ3) is 3.30. The Morgan fingerprint density at radius 2 is 2.04 bits per heavy atom. The number of rotatable bonds is 4. The minimum Gasteiger partial charge on any atom is -0.300 e. The van der Waals surface area contributed by atoms with E-state index in [1.807, 2.05) is 0 Å². The molecule has 1 N–H and O–H groups in total. The zero-order chi connectivity index (χ0) is 19.8. The SMILES string of the molecule is O=C(Cn1cnc2ccc([N+](=O)[O-])cc2c1=O)Nc1nc2ccc(F)cc2s1. The molecule has 0 unspecified atom stereocenters. The smallest absolute Gasteiger partial charge is 0.270 e. The van der Waals surface area contributed by atoms with E-state index in [9.17, 15) is 24.1 Å². The highest BCUT2D eigenvalue weighted by Gasteiger charge is 2.14. The first-order valence-corrected chi connectivity index (χ1v) is 8.72. The molecule has 0 fully saturated rings. The van der Waals surface area contributed by atoms with Crippen molar-refractivity contribution in [2.45, 2.75) is 6.54 Å². The zero-order valence-corrected chi connectivity index (χ0v) is 14.8. The van der Waals surface area contributed by atoms with Crippen LogP contribution in [-0.2, 0) is 11.3 Å². The quantitative estimate of drug-likeness (QED) is 0.416. The van der Waals surface area contributed by atoms with Crippen LogP contribution in [0.5, 0.6) is 0 Å². The molecule has 9 nitrogen and oxygen atoms in total. The predicted molar refractivity (Wildman–Crippen MR) is 101 cm³/mol. The van der Waals surface area contributed by atoms with Gasteiger partial charge in [-0.05, 0) is 24.3 Å². The average molecular weight is 399 g/mol. The summed E-state index contributed by atoms with van der Waals surface area (Å²) >= 11 is 1.10. The van der Waals surface area contributed by atoms with Gasteiger partial charge in [-0.2, -0.15) is 0 Å². The van der Waals surface area contributed by atoms with Crippen molar-refractivity contribution >= 4 is 49.2 Å². The second-order valence-corrected chi connectivity index (χ2v) is 6.85. The van der Waals surface area contributed by atoms with Crippen molar-refractivity contribution in [1.29, 1.82) is 0 Å². The number of amides is 1. The third-order valence-corrected chi connectivity index (χ3v) is 4.86. The van der Waals surface area contributed by atoms with Gasteiger partial charge in [0.25, 0.3) is 11.2 Å². The molecule has 140 valence electrons. The van der Waals surface area contributed by atoms with Gasteiger partial charge in [-0.15, -0.1) is 0 Å². The zero-order valence-electron chi connectivity index (χ0n) is 14.0. The number of anilines is 1. The molecular formula is C17H10FN5O4S. The molecule has 0 aliphatic rings. The summed E-state index contributed by atoms with van der Waals surface area (Å²) in [5.41, 5.74) is 0.0181. The fourth-order valence-electron chi connectivity index (χ4n) is 2.64. The molecule has 0 saturated heterocycles. The van der Waals surface area contributed by atoms with Crippen molar-refractivity contribution < 1.29 is 14.1 Å². The maximum Gasteiger partial charge on any atom is 0.270 e. The van der Waals surface area contributed by atoms with Crippen LogP contribution >= 0.6 is 11.3 Å². The standard InChI is InChI=1S/C17H10FN5O4S/c18-9-1-3-13-14(5-9)28-17(20-13)21-15(24)7-22-8-19-12-4-2-10(23(26)27)6-11(12)16(22)25/h1-6,8H,7H2,(H,20,21,24). The van der Waals surface area contributed by atoms with E-state index < -0.39 is 22.2 Å². The van der Waals surface area contributed by atoms with Crippen LogP contribution < -0.4 is 10.9 Å². The molecule has 0 bridgehead atoms. The molecule has 0 aliphatic carbocycles. The lowest BCUT2D eigenvalue weighted by atomic mass is 10.2. The lowest BCUT2D eigenvalue weighted by molar-refractivity contribution is -0.384. The van der Waals surface area contributed by atoms with E-state index in [0.29, 0.717) is 15.7 Å². The molecule has 1 amide bonds. The van der Waals surface area contributed by atoms with E-state index in [1.165, 1.54) is 36.7 Å². The van der Waals surface area contributed by atoms with E-state index >= 15 is 0 Å². The lowest BCUT2D eigenvalue weighted by Crippen LogP contribution is -2.27. The summed E-state index contributed by atoms with van der Waals surface area (Å²) < 4.78 is 14.9. The Kier molecular flexibility index (Phi) is 4.28. The first-order valence-electron chi connectivity index (χ1n) is 7.90. The molecule has 4 rings (SSSR count). The van der Waals surface area contributed by atoms with Crippen LogP contribution in [0.15, 0.2) is 47.5 Å². The van der Waals surface area contributed by atoms with Crippen molar-refractivity contribution in [1.82, 2.24) is 14.5 Å². The average Bonchev–Trinajstić information content (AvgIpc) is 3.04. The normalized spacial score (nSPS) is 11.0. The largest absolute Gasteiger partial charge is 0.300 e. The summed E-state index contributed by atoms with van der Waals surface area (Å²) in [5.74, 6) is -0.940. The van der Waals surface area contributed by atoms with Crippen LogP contribution in [0.1, 0.15) is 0 Å². The molecule has 2 aromatic heterocycles. The van der Waals surface area contributed by atoms with E-state index in [-0.39, 0.29) is 22.7 Å². The van der Waals surface area contributed by atoms with E-state index in [2.05, 4.69) is 15.3 Å². The van der Waals surface area contributed by atoms with Gasteiger partial charge in [0.05, 0.1) is 32.4 Å². The number of nitro groups is 1. The van der Waals surface area contributed by atoms with Crippen molar-refractivity contribution in [2.75, 3.05) is 5.32 Å². The van der Waals surface area contributed by atoms with Gasteiger partial charge in [-0.3, -0.25) is 24.3 Å². The van der Waals surface area contributed by atoms with Crippen molar-refractivity contribution in [3.05, 3.63) is 69.0 Å². The van der Waals surface area contributed by atoms with Crippen LogP contribution in [-0.4, -0.2) is 25.4 Å². The first kappa shape index (κ1) is 17.7. The summed E-state index contributed by atoms with van der Waals surface area (Å²) in [4.78, 5) is 43.3. The maximum atomic E-state index is 13.3. The van der Waals surface area contributed by atoms with Crippen LogP contribution in [0.3, 0.4) is 0 Å². The van der Waals surface area contributed by atoms with Crippen LogP contribution in [0, 0.1) is 15.9 Å². The van der Waals surface area contributed by atoms with Crippen LogP contribution in [0.2, 0.25) is 0 Å². The van der Waals surface area contributed by atoms with Crippen molar-refractivity contribution in [3.8, 4) is 0 Å². The number of nitrogens with one attached hydrogen (secondary N) is 1. The summed E-state index contributed by atoms with van der Waals surface area (Å²) in [6.07, 6.45) is 1.20. The molecule has 4 aromatic rings. The Morgan fingerprint density at radius 1 is 1.25 bits per heavy atom. The highest BCUT2D eigenvalue weighted by atomic mass is 32.1. The van der Waals surface area contributed by atoms with Gasteiger partial charge >= 0.3 is 0 Å². The molecule has 2 aromatic carbocycles. The van der Waals surface area contributed by atoms with Gasteiger partial charge in [-0.1, -0.05) is 11.3 Å². The first-order chi connectivity index (χ1) is 13.4. The number of thiazole rings is 1. The summed E-state index contributed by atoms with van der Waals surface area (Å²) in [6.45, 7) is -0.352. The van der Waals surface area contributed by atoms with E-state index in [1.54, 1.807) is 0 Å². The molecule has 0 radical (unpaired) electrons. The molecular weight excluding hydrogens is 389 g/mol. The highest BCUT2D eigenvalue weighted by Crippen LogP contribution is 2.26. The number of carbonyl (C=O) groups excluding carboxylic acids is 1. The molecule has 0 spiro atoms. The Bertz CT molecular complexity index is 1320. The molecule has 0 aliphatic heterocycles. The maximum absolute atomic E-state index is 13.3. The van der Waals surface area contributed by atoms with Crippen LogP contribution in [0.25, 0.3) is 21.1 Å². The Hall–Kier alpha value is -3.73. The van der Waals surface area contributed by atoms with Gasteiger partial charge in [0, 0.05) is 12.1 Å². The summed E-state index contributed by atoms with van der Waals surface area (Å²) in [6, 6.07) is 7.84. The van der Waals surface area contributed by atoms with Crippen molar-refractivity contribution in [2.24, 2.45) is 0 Å². The predicted octanol–water partition coefficient (Wildman–Crippen LogP) is 2.69. The number of carbonyl (C=O) groups is 1. The lowest BCUT2D eigenvalue weighted by Gasteiger charge is -2.06. The fraction of sp³-hybridized carbons (Fsp3) is 0.0588. The Morgan fingerprint density at radius 3 is 2.82 bits per heavy atom. The number of fused-ring (bicyclic) bond motifs is 2. The minimum atomic E-state index is -0.612. The molecule has 0 saturated carbocycles. The highest BCUT2D eigenvalue weighted by molar-refractivity contribution is 7.22. The Balaban J connectivity index is 1.59. The van der Waals surface area contributed by atoms with Gasteiger partial charge in [0.2, 0.25) is 5.91 Å². The Labute approximate surface area is 159 Å². The second-order valence-electron chi connectivity index (χ2n) is 5.82. The van der Waals surface area contributed by atoms with Gasteiger partial charge in [0.15, 0.2) is 5.13 Å². The minimum absolute atomic E-state index is 0.0416. The number of hydrogen-bond acceptors (Lipinski definition) is 7. The fourth-order valence-corrected chi connectivity index (χ4v) is 3.55. The van der Waals surface area contributed by atoms with Gasteiger partial charge in [-0.25, -0.2) is 14.4 Å². The number of hydrogen-bond donors (Lipinski definition) is 1. The second kappa shape index (κ2) is 6.78. The number of non-ortho nitro benzene ring substituents is 1. The molecule has 0 atom stereocenters. The third-order valence-electron chi connectivity index (χ3n) is 3.93. The van der Waals surface area contributed by atoms with E-state index in [0.717, 1.165) is 22.0 Å². The van der Waals surface area contributed by atoms with E-state index in [4.69, 9.17) is 0 Å². The van der Waals surface area contributed by atoms with Crippen molar-refractivity contribution in [3.63, 3.8) is 0 Å². The number of benzene rings is 2. The topological polar surface area (TPSA) is 120 Å². The number of aromatic nitrogens is 3. The number of nitrogens with zero attached hydrogens (tertiary/aromatic N) is 4. The number of halogens is 1. The summed E-state index contributed by atoms with van der Waals surface area (Å²) in [5, 5.41) is 13.8. The number of nitro benzene ring substituents is 1. The molecule has 28 heavy (non-hydrogen) atoms. The van der Waals surface area contributed by atoms with Crippen LogP contribution in [0.4, 0.5) is 15.2 Å². The molecule has 11 heteroatoms. The van der Waals surface area contributed by atoms with Gasteiger partial charge < -0.3 is 5.32 Å². The summed E-state index contributed by atoms with van der Waals surface area (Å²) in [7, 11) is 0.